The second kappa shape index (κ2) is 8.02. The van der Waals surface area contributed by atoms with Gasteiger partial charge in [0, 0.05) is 22.8 Å². The molecular formula is C21H18ClNO3. The summed E-state index contributed by atoms with van der Waals surface area (Å²) in [6.45, 7) is 2.17. The molecule has 0 fully saturated rings. The zero-order valence-electron chi connectivity index (χ0n) is 14.3. The van der Waals surface area contributed by atoms with Crippen LogP contribution in [-0.4, -0.2) is 10.4 Å². The maximum Gasteiger partial charge on any atom is 0.223 e. The van der Waals surface area contributed by atoms with Crippen LogP contribution < -0.4 is 10.2 Å². The van der Waals surface area contributed by atoms with E-state index in [9.17, 15) is 9.59 Å². The number of hydrogen-bond acceptors (Lipinski definition) is 3. The van der Waals surface area contributed by atoms with Crippen molar-refractivity contribution in [1.29, 1.82) is 0 Å². The standard InChI is InChI=1S/C21H18ClNO3/c1-15-21(26-14-16-6-3-2-4-7-16)19(24)10-11-23(15)13-20(25)17-8-5-9-18(22)12-17/h2-12H,13-14H2,1H3. The highest BCUT2D eigenvalue weighted by Crippen LogP contribution is 2.16. The molecule has 0 unspecified atom stereocenters. The lowest BCUT2D eigenvalue weighted by Crippen LogP contribution is -2.18. The molecular weight excluding hydrogens is 350 g/mol. The molecule has 0 N–H and O–H groups in total. The number of Topliss-reactive ketones (excluding diaryl/α,β-unsaturated/α-hetero) is 1. The van der Waals surface area contributed by atoms with Crippen molar-refractivity contribution in [1.82, 2.24) is 4.57 Å². The summed E-state index contributed by atoms with van der Waals surface area (Å²) in [7, 11) is 0. The molecule has 0 saturated heterocycles. The summed E-state index contributed by atoms with van der Waals surface area (Å²) in [5.41, 5.74) is 1.91. The summed E-state index contributed by atoms with van der Waals surface area (Å²) in [5, 5.41) is 0.513. The number of ketones is 1. The minimum absolute atomic E-state index is 0.0896. The fourth-order valence-electron chi connectivity index (χ4n) is 2.64. The van der Waals surface area contributed by atoms with Crippen LogP contribution in [0.15, 0.2) is 71.7 Å². The quantitative estimate of drug-likeness (QED) is 0.611. The number of benzene rings is 2. The largest absolute Gasteiger partial charge is 0.483 e. The number of pyridine rings is 1. The third-order valence-corrected chi connectivity index (χ3v) is 4.31. The molecule has 4 nitrogen and oxygen atoms in total. The Labute approximate surface area is 156 Å². The van der Waals surface area contributed by atoms with E-state index in [0.29, 0.717) is 22.9 Å². The summed E-state index contributed by atoms with van der Waals surface area (Å²) in [6, 6.07) is 17.8. The average Bonchev–Trinajstić information content (AvgIpc) is 2.65. The van der Waals surface area contributed by atoms with Crippen LogP contribution in [0.5, 0.6) is 5.75 Å². The van der Waals surface area contributed by atoms with E-state index in [-0.39, 0.29) is 23.5 Å². The lowest BCUT2D eigenvalue weighted by Gasteiger charge is -2.14. The van der Waals surface area contributed by atoms with E-state index in [1.807, 2.05) is 30.3 Å². The maximum absolute atomic E-state index is 12.5. The number of aromatic nitrogens is 1. The molecule has 0 amide bonds. The van der Waals surface area contributed by atoms with Crippen LogP contribution in [0.1, 0.15) is 21.6 Å². The molecule has 0 spiro atoms. The molecule has 2 aromatic carbocycles. The molecule has 3 aromatic rings. The number of halogens is 1. The zero-order chi connectivity index (χ0) is 18.5. The number of carbonyl (C=O) groups is 1. The van der Waals surface area contributed by atoms with Crippen LogP contribution in [-0.2, 0) is 13.2 Å². The maximum atomic E-state index is 12.5. The van der Waals surface area contributed by atoms with E-state index in [1.165, 1.54) is 6.07 Å². The van der Waals surface area contributed by atoms with E-state index in [1.54, 1.807) is 42.0 Å². The van der Waals surface area contributed by atoms with Crippen LogP contribution in [0.2, 0.25) is 5.02 Å². The van der Waals surface area contributed by atoms with Crippen molar-refractivity contribution in [3.8, 4) is 5.75 Å². The summed E-state index contributed by atoms with van der Waals surface area (Å²) in [5.74, 6) is 0.170. The number of nitrogens with zero attached hydrogens (tertiary/aromatic N) is 1. The summed E-state index contributed by atoms with van der Waals surface area (Å²) >= 11 is 5.95. The molecule has 0 saturated carbocycles. The van der Waals surface area contributed by atoms with Gasteiger partial charge in [0.05, 0.1) is 12.2 Å². The minimum atomic E-state index is -0.204. The molecule has 0 aliphatic rings. The molecule has 26 heavy (non-hydrogen) atoms. The minimum Gasteiger partial charge on any atom is -0.483 e. The Morgan fingerprint density at radius 2 is 1.85 bits per heavy atom. The van der Waals surface area contributed by atoms with Crippen molar-refractivity contribution in [3.05, 3.63) is 98.9 Å². The van der Waals surface area contributed by atoms with Gasteiger partial charge in [-0.1, -0.05) is 54.1 Å². The summed E-state index contributed by atoms with van der Waals surface area (Å²) in [4.78, 5) is 24.7. The van der Waals surface area contributed by atoms with E-state index in [4.69, 9.17) is 16.3 Å². The Hall–Kier alpha value is -2.85. The van der Waals surface area contributed by atoms with E-state index in [2.05, 4.69) is 0 Å². The Morgan fingerprint density at radius 3 is 2.58 bits per heavy atom. The SMILES string of the molecule is Cc1c(OCc2ccccc2)c(=O)ccn1CC(=O)c1cccc(Cl)c1. The number of carbonyl (C=O) groups excluding carboxylic acids is 1. The lowest BCUT2D eigenvalue weighted by molar-refractivity contribution is 0.0970. The third-order valence-electron chi connectivity index (χ3n) is 4.08. The molecule has 5 heteroatoms. The van der Waals surface area contributed by atoms with Crippen molar-refractivity contribution in [3.63, 3.8) is 0 Å². The van der Waals surface area contributed by atoms with Gasteiger partial charge in [-0.15, -0.1) is 0 Å². The van der Waals surface area contributed by atoms with Gasteiger partial charge >= 0.3 is 0 Å². The number of rotatable bonds is 6. The van der Waals surface area contributed by atoms with Crippen LogP contribution in [0, 0.1) is 6.92 Å². The first-order chi connectivity index (χ1) is 12.5. The Balaban J connectivity index is 1.80. The highest BCUT2D eigenvalue weighted by molar-refractivity contribution is 6.31. The Morgan fingerprint density at radius 1 is 1.08 bits per heavy atom. The van der Waals surface area contributed by atoms with Gasteiger partial charge in [-0.2, -0.15) is 0 Å². The van der Waals surface area contributed by atoms with Crippen LogP contribution in [0.4, 0.5) is 0 Å². The lowest BCUT2D eigenvalue weighted by atomic mass is 10.1. The third kappa shape index (κ3) is 4.21. The second-order valence-corrected chi connectivity index (χ2v) is 6.37. The molecule has 0 radical (unpaired) electrons. The molecule has 0 aliphatic heterocycles. The monoisotopic (exact) mass is 367 g/mol. The predicted octanol–water partition coefficient (Wildman–Crippen LogP) is 4.27. The summed E-state index contributed by atoms with van der Waals surface area (Å²) < 4.78 is 7.45. The van der Waals surface area contributed by atoms with Gasteiger partial charge in [0.15, 0.2) is 11.5 Å². The molecule has 1 heterocycles. The fraction of sp³-hybridized carbons (Fsp3) is 0.143. The van der Waals surface area contributed by atoms with Crippen LogP contribution in [0.3, 0.4) is 0 Å². The van der Waals surface area contributed by atoms with Crippen molar-refractivity contribution in [2.75, 3.05) is 0 Å². The van der Waals surface area contributed by atoms with Crippen molar-refractivity contribution in [2.45, 2.75) is 20.1 Å². The first-order valence-corrected chi connectivity index (χ1v) is 8.58. The van der Waals surface area contributed by atoms with Crippen molar-refractivity contribution < 1.29 is 9.53 Å². The molecule has 132 valence electrons. The number of hydrogen-bond donors (Lipinski definition) is 0. The van der Waals surface area contributed by atoms with Crippen LogP contribution in [0.25, 0.3) is 0 Å². The highest BCUT2D eigenvalue weighted by Gasteiger charge is 2.13. The second-order valence-electron chi connectivity index (χ2n) is 5.93. The van der Waals surface area contributed by atoms with Crippen LogP contribution >= 0.6 is 11.6 Å². The smallest absolute Gasteiger partial charge is 0.223 e. The van der Waals surface area contributed by atoms with Gasteiger partial charge in [0.25, 0.3) is 0 Å². The van der Waals surface area contributed by atoms with E-state index >= 15 is 0 Å². The fourth-order valence-corrected chi connectivity index (χ4v) is 2.83. The molecule has 0 aliphatic carbocycles. The van der Waals surface area contributed by atoms with E-state index in [0.717, 1.165) is 5.56 Å². The van der Waals surface area contributed by atoms with Crippen molar-refractivity contribution in [2.24, 2.45) is 0 Å². The molecule has 0 atom stereocenters. The number of ether oxygens (including phenoxy) is 1. The average molecular weight is 368 g/mol. The summed E-state index contributed by atoms with van der Waals surface area (Å²) in [6.07, 6.45) is 1.61. The normalized spacial score (nSPS) is 10.5. The van der Waals surface area contributed by atoms with Gasteiger partial charge < -0.3 is 9.30 Å². The first-order valence-electron chi connectivity index (χ1n) is 8.20. The Bertz CT molecular complexity index is 980. The molecule has 0 bridgehead atoms. The van der Waals surface area contributed by atoms with E-state index < -0.39 is 0 Å². The first kappa shape index (κ1) is 18.0. The Kier molecular flexibility index (Phi) is 5.54. The topological polar surface area (TPSA) is 48.3 Å². The van der Waals surface area contributed by atoms with Crippen molar-refractivity contribution >= 4 is 17.4 Å². The van der Waals surface area contributed by atoms with Gasteiger partial charge in [0.2, 0.25) is 5.43 Å². The van der Waals surface area contributed by atoms with Gasteiger partial charge in [-0.3, -0.25) is 9.59 Å². The molecule has 1 aromatic heterocycles. The van der Waals surface area contributed by atoms with Gasteiger partial charge in [-0.25, -0.2) is 0 Å². The van der Waals surface area contributed by atoms with Gasteiger partial charge in [0.1, 0.15) is 6.61 Å². The molecule has 3 rings (SSSR count). The zero-order valence-corrected chi connectivity index (χ0v) is 15.1. The highest BCUT2D eigenvalue weighted by atomic mass is 35.5. The predicted molar refractivity (Wildman–Crippen MR) is 102 cm³/mol. The van der Waals surface area contributed by atoms with Gasteiger partial charge in [-0.05, 0) is 24.6 Å².